The first-order valence-electron chi connectivity index (χ1n) is 21.7. The Morgan fingerprint density at radius 2 is 0.738 bits per heavy atom. The minimum Gasteiger partial charge on any atom is -0.507 e. The first kappa shape index (κ1) is 48.7. The van der Waals surface area contributed by atoms with E-state index in [2.05, 4.69) is 96.9 Å². The molecule has 4 rings (SSSR count). The zero-order chi connectivity index (χ0) is 45.6. The van der Waals surface area contributed by atoms with Crippen LogP contribution in [0.4, 0.5) is 0 Å². The van der Waals surface area contributed by atoms with Gasteiger partial charge in [-0.05, 0) is 80.0 Å². The molecule has 0 aliphatic heterocycles. The van der Waals surface area contributed by atoms with Gasteiger partial charge in [0.1, 0.15) is 49.4 Å². The van der Waals surface area contributed by atoms with E-state index in [1.54, 1.807) is 0 Å². The normalized spacial score (nSPS) is 12.6. The second-order valence-corrected chi connectivity index (χ2v) is 20.8. The van der Waals surface area contributed by atoms with Crippen LogP contribution < -0.4 is 9.47 Å². The van der Waals surface area contributed by atoms with Crippen molar-refractivity contribution in [2.45, 2.75) is 150 Å². The van der Waals surface area contributed by atoms with Crippen molar-refractivity contribution in [3.05, 3.63) is 117 Å². The van der Waals surface area contributed by atoms with Gasteiger partial charge < -0.3 is 29.2 Å². The second kappa shape index (κ2) is 19.4. The van der Waals surface area contributed by atoms with Gasteiger partial charge in [0.05, 0.1) is 0 Å². The zero-order valence-corrected chi connectivity index (χ0v) is 39.4. The molecular weight excluding hydrogens is 765 g/mol. The minimum absolute atomic E-state index is 0.104. The molecule has 0 bridgehead atoms. The predicted molar refractivity (Wildman–Crippen MR) is 246 cm³/mol. The topological polar surface area (TPSA) is 112 Å². The van der Waals surface area contributed by atoms with Crippen molar-refractivity contribution in [2.75, 3.05) is 26.4 Å². The fourth-order valence-electron chi connectivity index (χ4n) is 7.58. The summed E-state index contributed by atoms with van der Waals surface area (Å²) >= 11 is 0. The third-order valence-electron chi connectivity index (χ3n) is 11.1. The van der Waals surface area contributed by atoms with E-state index in [9.17, 15) is 19.8 Å². The second-order valence-electron chi connectivity index (χ2n) is 20.8. The van der Waals surface area contributed by atoms with Crippen molar-refractivity contribution in [1.82, 2.24) is 0 Å². The molecule has 0 unspecified atom stereocenters. The average Bonchev–Trinajstić information content (AvgIpc) is 3.15. The van der Waals surface area contributed by atoms with E-state index in [0.717, 1.165) is 44.5 Å². The summed E-state index contributed by atoms with van der Waals surface area (Å²) in [5.41, 5.74) is 5.83. The SMILES string of the molecule is CC(C)(C)c1cc(CCC(=O)OCCOc2ccccc2C(C)(C)c2ccccc2OCCOC(=O)CCc2cc(C(C)(C)C)c(O)c(C(C)(C)C)c2)cc(C(C)(C)C)c1O. The van der Waals surface area contributed by atoms with E-state index < -0.39 is 5.41 Å². The molecule has 8 heteroatoms. The number of para-hydroxylation sites is 2. The van der Waals surface area contributed by atoms with Crippen LogP contribution in [0.1, 0.15) is 154 Å². The Labute approximate surface area is 366 Å². The van der Waals surface area contributed by atoms with Crippen molar-refractivity contribution >= 4 is 11.9 Å². The van der Waals surface area contributed by atoms with Crippen molar-refractivity contribution < 1.29 is 38.7 Å². The Bertz CT molecular complexity index is 1910. The number of phenolic OH excluding ortho intramolecular Hbond substituents is 2. The van der Waals surface area contributed by atoms with Gasteiger partial charge in [-0.1, -0.05) is 158 Å². The monoisotopic (exact) mass is 837 g/mol. The van der Waals surface area contributed by atoms with Gasteiger partial charge in [0.2, 0.25) is 0 Å². The third-order valence-corrected chi connectivity index (χ3v) is 11.1. The lowest BCUT2D eigenvalue weighted by atomic mass is 9.77. The van der Waals surface area contributed by atoms with Crippen LogP contribution in [0, 0.1) is 0 Å². The fraction of sp³-hybridized carbons (Fsp3) is 0.509. The molecule has 8 nitrogen and oxygen atoms in total. The van der Waals surface area contributed by atoms with E-state index in [1.807, 2.05) is 72.8 Å². The quantitative estimate of drug-likeness (QED) is 0.0848. The molecule has 4 aromatic rings. The van der Waals surface area contributed by atoms with E-state index >= 15 is 0 Å². The number of hydrogen-bond acceptors (Lipinski definition) is 8. The van der Waals surface area contributed by atoms with Crippen LogP contribution in [-0.4, -0.2) is 48.6 Å². The van der Waals surface area contributed by atoms with Crippen LogP contribution in [0.2, 0.25) is 0 Å². The molecule has 0 saturated carbocycles. The summed E-state index contributed by atoms with van der Waals surface area (Å²) in [7, 11) is 0. The van der Waals surface area contributed by atoms with Crippen LogP contribution in [0.15, 0.2) is 72.8 Å². The number of esters is 2. The van der Waals surface area contributed by atoms with Gasteiger partial charge in [0.25, 0.3) is 0 Å². The van der Waals surface area contributed by atoms with Crippen molar-refractivity contribution in [3.63, 3.8) is 0 Å². The van der Waals surface area contributed by atoms with Crippen LogP contribution in [0.5, 0.6) is 23.0 Å². The Morgan fingerprint density at radius 3 is 1.03 bits per heavy atom. The summed E-state index contributed by atoms with van der Waals surface area (Å²) < 4.78 is 23.7. The minimum atomic E-state index is -0.537. The summed E-state index contributed by atoms with van der Waals surface area (Å²) in [4.78, 5) is 25.7. The molecule has 0 fully saturated rings. The molecular formula is C53H72O8. The molecule has 332 valence electrons. The maximum absolute atomic E-state index is 12.9. The maximum Gasteiger partial charge on any atom is 0.306 e. The number of rotatable bonds is 16. The molecule has 0 aromatic heterocycles. The van der Waals surface area contributed by atoms with Crippen molar-refractivity contribution in [1.29, 1.82) is 0 Å². The van der Waals surface area contributed by atoms with Crippen LogP contribution in [-0.2, 0) is 59.0 Å². The summed E-state index contributed by atoms with van der Waals surface area (Å²) in [5, 5.41) is 22.1. The summed E-state index contributed by atoms with van der Waals surface area (Å²) in [6.45, 7) is 29.7. The molecule has 2 N–H and O–H groups in total. The van der Waals surface area contributed by atoms with Gasteiger partial charge in [-0.3, -0.25) is 9.59 Å². The number of phenols is 2. The molecule has 0 saturated heterocycles. The highest BCUT2D eigenvalue weighted by atomic mass is 16.6. The molecule has 0 spiro atoms. The smallest absolute Gasteiger partial charge is 0.306 e. The number of ether oxygens (including phenoxy) is 4. The van der Waals surface area contributed by atoms with Gasteiger partial charge in [0.15, 0.2) is 0 Å². The van der Waals surface area contributed by atoms with E-state index in [-0.39, 0.29) is 72.9 Å². The largest absolute Gasteiger partial charge is 0.507 e. The highest BCUT2D eigenvalue weighted by Crippen LogP contribution is 2.43. The molecule has 4 aromatic carbocycles. The molecule has 61 heavy (non-hydrogen) atoms. The van der Waals surface area contributed by atoms with Crippen molar-refractivity contribution in [3.8, 4) is 23.0 Å². The number of carbonyl (C=O) groups excluding carboxylic acids is 2. The van der Waals surface area contributed by atoms with Gasteiger partial charge >= 0.3 is 11.9 Å². The molecule has 0 aliphatic carbocycles. The standard InChI is InChI=1S/C53H72O8/c1-49(2,3)39-31-35(32-40(47(39)56)50(4,5)6)23-25-45(54)60-29-27-58-43-21-17-15-19-37(43)53(13,14)38-20-16-18-22-44(38)59-28-30-61-46(55)26-24-36-33-41(51(7,8)9)48(57)42(34-36)52(10,11)12/h15-22,31-34,56-57H,23-30H2,1-14H3. The highest BCUT2D eigenvalue weighted by molar-refractivity contribution is 5.70. The number of aromatic hydroxyl groups is 2. The molecule has 0 heterocycles. The Balaban J connectivity index is 1.32. The Morgan fingerprint density at radius 1 is 0.443 bits per heavy atom. The number of hydrogen-bond donors (Lipinski definition) is 2. The summed E-state index contributed by atoms with van der Waals surface area (Å²) in [5.74, 6) is 1.39. The van der Waals surface area contributed by atoms with Gasteiger partial charge in [-0.2, -0.15) is 0 Å². The number of carbonyl (C=O) groups is 2. The van der Waals surface area contributed by atoms with Crippen LogP contribution in [0.25, 0.3) is 0 Å². The van der Waals surface area contributed by atoms with Gasteiger partial charge in [-0.15, -0.1) is 0 Å². The van der Waals surface area contributed by atoms with Crippen LogP contribution in [0.3, 0.4) is 0 Å². The fourth-order valence-corrected chi connectivity index (χ4v) is 7.58. The summed E-state index contributed by atoms with van der Waals surface area (Å²) in [6.07, 6.45) is 1.44. The number of benzene rings is 4. The first-order valence-corrected chi connectivity index (χ1v) is 21.7. The lowest BCUT2D eigenvalue weighted by Gasteiger charge is -2.30. The summed E-state index contributed by atoms with van der Waals surface area (Å²) in [6, 6.07) is 23.7. The van der Waals surface area contributed by atoms with Gasteiger partial charge in [0, 0.05) is 29.4 Å². The zero-order valence-electron chi connectivity index (χ0n) is 39.4. The maximum atomic E-state index is 12.9. The third kappa shape index (κ3) is 13.0. The number of aryl methyl sites for hydroxylation is 2. The average molecular weight is 837 g/mol. The Kier molecular flexibility index (Phi) is 15.5. The lowest BCUT2D eigenvalue weighted by molar-refractivity contribution is -0.145. The Hall–Kier alpha value is -4.98. The van der Waals surface area contributed by atoms with Gasteiger partial charge in [-0.25, -0.2) is 0 Å². The van der Waals surface area contributed by atoms with Crippen LogP contribution >= 0.6 is 0 Å². The van der Waals surface area contributed by atoms with Crippen molar-refractivity contribution in [2.24, 2.45) is 0 Å². The highest BCUT2D eigenvalue weighted by Gasteiger charge is 2.31. The van der Waals surface area contributed by atoms with E-state index in [0.29, 0.717) is 35.8 Å². The first-order chi connectivity index (χ1) is 28.2. The van der Waals surface area contributed by atoms with E-state index in [4.69, 9.17) is 18.9 Å². The molecule has 0 aliphatic rings. The molecule has 0 atom stereocenters. The van der Waals surface area contributed by atoms with E-state index in [1.165, 1.54) is 0 Å². The molecule has 0 radical (unpaired) electrons. The predicted octanol–water partition coefficient (Wildman–Crippen LogP) is 11.7. The lowest BCUT2D eigenvalue weighted by Crippen LogP contribution is -2.23. The molecule has 0 amide bonds.